The summed E-state index contributed by atoms with van der Waals surface area (Å²) in [4.78, 5) is 5.22. The van der Waals surface area contributed by atoms with Crippen molar-refractivity contribution in [1.29, 1.82) is 0 Å². The minimum Gasteiger partial charge on any atom is -0.303 e. The van der Waals surface area contributed by atoms with Gasteiger partial charge < -0.3 is 9.80 Å². The van der Waals surface area contributed by atoms with E-state index in [1.165, 1.54) is 64.7 Å². The molecule has 1 saturated carbocycles. The zero-order valence-electron chi connectivity index (χ0n) is 13.6. The first-order chi connectivity index (χ1) is 9.06. The van der Waals surface area contributed by atoms with Crippen LogP contribution in [0.15, 0.2) is 0 Å². The van der Waals surface area contributed by atoms with Crippen LogP contribution in [-0.4, -0.2) is 49.1 Å². The van der Waals surface area contributed by atoms with E-state index in [4.69, 9.17) is 0 Å². The zero-order valence-corrected chi connectivity index (χ0v) is 13.6. The van der Waals surface area contributed by atoms with E-state index in [1.54, 1.807) is 0 Å². The van der Waals surface area contributed by atoms with Crippen LogP contribution in [0.1, 0.15) is 59.3 Å². The normalized spacial score (nSPS) is 31.4. The Morgan fingerprint density at radius 1 is 1.11 bits per heavy atom. The molecule has 19 heavy (non-hydrogen) atoms. The van der Waals surface area contributed by atoms with E-state index in [-0.39, 0.29) is 0 Å². The molecule has 1 aliphatic heterocycles. The van der Waals surface area contributed by atoms with Gasteiger partial charge in [-0.3, -0.25) is 0 Å². The summed E-state index contributed by atoms with van der Waals surface area (Å²) in [6.45, 7) is 12.3. The molecule has 0 aromatic heterocycles. The Labute approximate surface area is 120 Å². The van der Waals surface area contributed by atoms with Crippen molar-refractivity contribution in [1.82, 2.24) is 9.80 Å². The summed E-state index contributed by atoms with van der Waals surface area (Å²) in [5, 5.41) is 0. The molecular formula is C17H34N2. The van der Waals surface area contributed by atoms with Crippen molar-refractivity contribution < 1.29 is 0 Å². The van der Waals surface area contributed by atoms with E-state index < -0.39 is 0 Å². The predicted octanol–water partition coefficient (Wildman–Crippen LogP) is 3.62. The quantitative estimate of drug-likeness (QED) is 0.724. The van der Waals surface area contributed by atoms with E-state index in [0.717, 1.165) is 12.0 Å². The summed E-state index contributed by atoms with van der Waals surface area (Å²) >= 11 is 0. The number of likely N-dealkylation sites (tertiary alicyclic amines) is 1. The van der Waals surface area contributed by atoms with Crippen molar-refractivity contribution in [3.8, 4) is 0 Å². The molecule has 0 unspecified atom stereocenters. The van der Waals surface area contributed by atoms with Gasteiger partial charge in [0, 0.05) is 19.1 Å². The molecule has 0 aromatic rings. The molecule has 0 spiro atoms. The van der Waals surface area contributed by atoms with Crippen LogP contribution in [-0.2, 0) is 0 Å². The van der Waals surface area contributed by atoms with E-state index in [0.29, 0.717) is 5.41 Å². The molecule has 2 aliphatic rings. The fourth-order valence-electron chi connectivity index (χ4n) is 4.04. The van der Waals surface area contributed by atoms with Gasteiger partial charge in [0.25, 0.3) is 0 Å². The summed E-state index contributed by atoms with van der Waals surface area (Å²) in [7, 11) is 2.36. The molecule has 1 heterocycles. The van der Waals surface area contributed by atoms with Gasteiger partial charge >= 0.3 is 0 Å². The highest BCUT2D eigenvalue weighted by Gasteiger charge is 2.37. The van der Waals surface area contributed by atoms with Gasteiger partial charge in [0.1, 0.15) is 0 Å². The average molecular weight is 266 g/mol. The molecule has 1 aliphatic carbocycles. The van der Waals surface area contributed by atoms with Crippen molar-refractivity contribution >= 4 is 0 Å². The molecule has 112 valence electrons. The second-order valence-electron chi connectivity index (χ2n) is 7.43. The average Bonchev–Trinajstić information content (AvgIpc) is 2.41. The Bertz CT molecular complexity index is 262. The highest BCUT2D eigenvalue weighted by Crippen LogP contribution is 2.34. The monoisotopic (exact) mass is 266 g/mol. The number of hydrogen-bond acceptors (Lipinski definition) is 2. The van der Waals surface area contributed by atoms with Gasteiger partial charge in [0.05, 0.1) is 0 Å². The molecule has 2 nitrogen and oxygen atoms in total. The summed E-state index contributed by atoms with van der Waals surface area (Å²) < 4.78 is 0. The first kappa shape index (κ1) is 15.3. The molecule has 2 fully saturated rings. The molecule has 0 bridgehead atoms. The van der Waals surface area contributed by atoms with Crippen LogP contribution in [0.25, 0.3) is 0 Å². The Morgan fingerprint density at radius 2 is 1.74 bits per heavy atom. The number of nitrogens with zero attached hydrogens (tertiary/aromatic N) is 2. The fourth-order valence-corrected chi connectivity index (χ4v) is 4.04. The fraction of sp³-hybridized carbons (Fsp3) is 1.00. The second-order valence-corrected chi connectivity index (χ2v) is 7.43. The molecule has 0 atom stereocenters. The van der Waals surface area contributed by atoms with Crippen LogP contribution in [0, 0.1) is 11.3 Å². The van der Waals surface area contributed by atoms with Crippen LogP contribution >= 0.6 is 0 Å². The lowest BCUT2D eigenvalue weighted by atomic mass is 9.78. The van der Waals surface area contributed by atoms with E-state index in [2.05, 4.69) is 37.6 Å². The van der Waals surface area contributed by atoms with Crippen molar-refractivity contribution in [3.63, 3.8) is 0 Å². The highest BCUT2D eigenvalue weighted by molar-refractivity contribution is 4.91. The van der Waals surface area contributed by atoms with Crippen molar-refractivity contribution in [2.75, 3.05) is 33.2 Å². The smallest absolute Gasteiger partial charge is 0.00924 e. The van der Waals surface area contributed by atoms with Crippen LogP contribution in [0.3, 0.4) is 0 Å². The Balaban J connectivity index is 1.66. The second kappa shape index (κ2) is 6.58. The predicted molar refractivity (Wildman–Crippen MR) is 83.5 cm³/mol. The molecule has 2 rings (SSSR count). The lowest BCUT2D eigenvalue weighted by molar-refractivity contribution is 0.00296. The Kier molecular flexibility index (Phi) is 5.30. The van der Waals surface area contributed by atoms with Gasteiger partial charge in [-0.2, -0.15) is 0 Å². The van der Waals surface area contributed by atoms with Crippen molar-refractivity contribution in [2.45, 2.75) is 65.3 Å². The van der Waals surface area contributed by atoms with E-state index in [1.807, 2.05) is 0 Å². The van der Waals surface area contributed by atoms with Crippen molar-refractivity contribution in [3.05, 3.63) is 0 Å². The SMILES string of the molecule is CCC1CCC(N(C)CCC2(C)CN(CC)C2)CC1. The highest BCUT2D eigenvalue weighted by atomic mass is 15.2. The minimum atomic E-state index is 0.602. The summed E-state index contributed by atoms with van der Waals surface area (Å²) in [5.41, 5.74) is 0.602. The van der Waals surface area contributed by atoms with Gasteiger partial charge in [-0.05, 0) is 63.6 Å². The lowest BCUT2D eigenvalue weighted by Crippen LogP contribution is -2.55. The van der Waals surface area contributed by atoms with Gasteiger partial charge in [-0.1, -0.05) is 27.2 Å². The first-order valence-electron chi connectivity index (χ1n) is 8.49. The van der Waals surface area contributed by atoms with Gasteiger partial charge in [-0.15, -0.1) is 0 Å². The maximum Gasteiger partial charge on any atom is 0.00924 e. The first-order valence-corrected chi connectivity index (χ1v) is 8.49. The lowest BCUT2D eigenvalue weighted by Gasteiger charge is -2.49. The molecule has 2 heteroatoms. The number of rotatable bonds is 6. The summed E-state index contributed by atoms with van der Waals surface area (Å²) in [6, 6.07) is 0.869. The van der Waals surface area contributed by atoms with Gasteiger partial charge in [0.15, 0.2) is 0 Å². The van der Waals surface area contributed by atoms with E-state index >= 15 is 0 Å². The summed E-state index contributed by atoms with van der Waals surface area (Å²) in [6.07, 6.45) is 8.58. The standard InChI is InChI=1S/C17H34N2/c1-5-15-7-9-16(10-8-15)18(4)12-11-17(3)13-19(6-2)14-17/h15-16H,5-14H2,1-4H3. The molecule has 0 N–H and O–H groups in total. The minimum absolute atomic E-state index is 0.602. The van der Waals surface area contributed by atoms with Crippen LogP contribution in [0.5, 0.6) is 0 Å². The maximum atomic E-state index is 2.66. The zero-order chi connectivity index (χ0) is 13.9. The Morgan fingerprint density at radius 3 is 2.26 bits per heavy atom. The van der Waals surface area contributed by atoms with Gasteiger partial charge in [-0.25, -0.2) is 0 Å². The van der Waals surface area contributed by atoms with Crippen LogP contribution in [0.2, 0.25) is 0 Å². The van der Waals surface area contributed by atoms with Crippen LogP contribution in [0.4, 0.5) is 0 Å². The third kappa shape index (κ3) is 3.95. The molecule has 0 amide bonds. The van der Waals surface area contributed by atoms with Crippen molar-refractivity contribution in [2.24, 2.45) is 11.3 Å². The largest absolute Gasteiger partial charge is 0.303 e. The Hall–Kier alpha value is -0.0800. The topological polar surface area (TPSA) is 6.48 Å². The third-order valence-electron chi connectivity index (χ3n) is 5.74. The van der Waals surface area contributed by atoms with Crippen LogP contribution < -0.4 is 0 Å². The summed E-state index contributed by atoms with van der Waals surface area (Å²) in [5.74, 6) is 1.02. The van der Waals surface area contributed by atoms with E-state index in [9.17, 15) is 0 Å². The molecule has 1 saturated heterocycles. The number of hydrogen-bond donors (Lipinski definition) is 0. The molecule has 0 aromatic carbocycles. The molecule has 0 radical (unpaired) electrons. The maximum absolute atomic E-state index is 2.66. The molecular weight excluding hydrogens is 232 g/mol. The third-order valence-corrected chi connectivity index (χ3v) is 5.74. The van der Waals surface area contributed by atoms with Gasteiger partial charge in [0.2, 0.25) is 0 Å².